The molecule has 0 atom stereocenters. The maximum atomic E-state index is 13.8. The quantitative estimate of drug-likeness (QED) is 0.644. The van der Waals surface area contributed by atoms with E-state index in [0.29, 0.717) is 18.5 Å². The number of rotatable bonds is 5. The van der Waals surface area contributed by atoms with Gasteiger partial charge in [-0.15, -0.1) is 11.6 Å². The first kappa shape index (κ1) is 16.1. The third kappa shape index (κ3) is 3.67. The van der Waals surface area contributed by atoms with Gasteiger partial charge in [0.25, 0.3) is 5.91 Å². The van der Waals surface area contributed by atoms with Crippen LogP contribution in [0.3, 0.4) is 0 Å². The van der Waals surface area contributed by atoms with Crippen molar-refractivity contribution in [1.29, 1.82) is 0 Å². The zero-order chi connectivity index (χ0) is 15.7. The summed E-state index contributed by atoms with van der Waals surface area (Å²) in [4.78, 5) is 11.9. The van der Waals surface area contributed by atoms with Crippen LogP contribution in [0.15, 0.2) is 18.2 Å². The van der Waals surface area contributed by atoms with E-state index in [1.54, 1.807) is 0 Å². The molecule has 0 saturated heterocycles. The van der Waals surface area contributed by atoms with E-state index in [1.165, 1.54) is 0 Å². The minimum Gasteiger partial charge on any atom is -0.351 e. The lowest BCUT2D eigenvalue weighted by Gasteiger charge is -2.15. The van der Waals surface area contributed by atoms with Gasteiger partial charge in [-0.1, -0.05) is 6.07 Å². The van der Waals surface area contributed by atoms with E-state index in [9.17, 15) is 22.4 Å². The average molecular weight is 324 g/mol. The molecule has 7 heteroatoms. The van der Waals surface area contributed by atoms with Crippen molar-refractivity contribution in [1.82, 2.24) is 5.32 Å². The van der Waals surface area contributed by atoms with E-state index < -0.39 is 29.0 Å². The highest BCUT2D eigenvalue weighted by molar-refractivity contribution is 6.17. The predicted octanol–water partition coefficient (Wildman–Crippen LogP) is 3.98. The molecule has 0 aromatic heterocycles. The van der Waals surface area contributed by atoms with E-state index in [1.807, 2.05) is 0 Å². The Morgan fingerprint density at radius 3 is 2.52 bits per heavy atom. The summed E-state index contributed by atoms with van der Waals surface area (Å²) >= 11 is 5.66. The van der Waals surface area contributed by atoms with Gasteiger partial charge in [-0.2, -0.15) is 13.2 Å². The standard InChI is InChI=1S/C14H14ClF4NO/c15-7-6-13(4-5-13)8-20-12(21)9-2-1-3-10(11(9)16)14(17,18)19/h1-3H,4-8H2,(H,20,21). The van der Waals surface area contributed by atoms with Crippen molar-refractivity contribution in [3.05, 3.63) is 35.1 Å². The van der Waals surface area contributed by atoms with E-state index in [4.69, 9.17) is 11.6 Å². The largest absolute Gasteiger partial charge is 0.419 e. The van der Waals surface area contributed by atoms with Gasteiger partial charge in [0.1, 0.15) is 5.82 Å². The lowest BCUT2D eigenvalue weighted by atomic mass is 10.0. The van der Waals surface area contributed by atoms with E-state index >= 15 is 0 Å². The number of hydrogen-bond donors (Lipinski definition) is 1. The molecule has 21 heavy (non-hydrogen) atoms. The van der Waals surface area contributed by atoms with Crippen LogP contribution in [-0.2, 0) is 6.18 Å². The molecule has 2 nitrogen and oxygen atoms in total. The number of benzene rings is 1. The fourth-order valence-electron chi connectivity index (χ4n) is 2.18. The monoisotopic (exact) mass is 323 g/mol. The second-order valence-electron chi connectivity index (χ2n) is 5.29. The number of hydrogen-bond acceptors (Lipinski definition) is 1. The molecule has 1 aliphatic rings. The molecule has 1 aromatic rings. The van der Waals surface area contributed by atoms with Crippen LogP contribution in [-0.4, -0.2) is 18.3 Å². The SMILES string of the molecule is O=C(NCC1(CCCl)CC1)c1cccc(C(F)(F)F)c1F. The van der Waals surface area contributed by atoms with E-state index in [2.05, 4.69) is 5.32 Å². The van der Waals surface area contributed by atoms with Crippen molar-refractivity contribution in [2.75, 3.05) is 12.4 Å². The lowest BCUT2D eigenvalue weighted by Crippen LogP contribution is -2.31. The number of alkyl halides is 4. The number of carbonyl (C=O) groups is 1. The molecule has 1 fully saturated rings. The fraction of sp³-hybridized carbons (Fsp3) is 0.500. The van der Waals surface area contributed by atoms with Crippen molar-refractivity contribution in [3.63, 3.8) is 0 Å². The first-order valence-electron chi connectivity index (χ1n) is 6.49. The van der Waals surface area contributed by atoms with Gasteiger partial charge >= 0.3 is 6.18 Å². The Balaban J connectivity index is 2.10. The Kier molecular flexibility index (Phi) is 4.46. The van der Waals surface area contributed by atoms with Gasteiger partial charge in [-0.05, 0) is 36.8 Å². The van der Waals surface area contributed by atoms with Crippen LogP contribution in [0, 0.1) is 11.2 Å². The minimum atomic E-state index is -4.82. The Morgan fingerprint density at radius 1 is 1.33 bits per heavy atom. The molecule has 1 N–H and O–H groups in total. The average Bonchev–Trinajstić information content (AvgIpc) is 3.16. The van der Waals surface area contributed by atoms with Crippen LogP contribution < -0.4 is 5.32 Å². The van der Waals surface area contributed by atoms with Gasteiger partial charge in [-0.3, -0.25) is 4.79 Å². The van der Waals surface area contributed by atoms with Crippen LogP contribution in [0.5, 0.6) is 0 Å². The molecular formula is C14H14ClF4NO. The zero-order valence-corrected chi connectivity index (χ0v) is 11.8. The molecule has 0 bridgehead atoms. The molecule has 0 aliphatic heterocycles. The van der Waals surface area contributed by atoms with Gasteiger partial charge in [0.05, 0.1) is 11.1 Å². The van der Waals surface area contributed by atoms with Gasteiger partial charge in [0.2, 0.25) is 0 Å². The van der Waals surface area contributed by atoms with Crippen LogP contribution in [0.4, 0.5) is 17.6 Å². The summed E-state index contributed by atoms with van der Waals surface area (Å²) in [5, 5.41) is 2.50. The first-order valence-corrected chi connectivity index (χ1v) is 7.02. The smallest absolute Gasteiger partial charge is 0.351 e. The summed E-state index contributed by atoms with van der Waals surface area (Å²) < 4.78 is 51.6. The molecule has 1 amide bonds. The number of halogens is 5. The second kappa shape index (κ2) is 5.83. The summed E-state index contributed by atoms with van der Waals surface area (Å²) in [6.07, 6.45) is -2.28. The molecule has 0 spiro atoms. The highest BCUT2D eigenvalue weighted by atomic mass is 35.5. The molecule has 2 rings (SSSR count). The van der Waals surface area contributed by atoms with Crippen molar-refractivity contribution in [2.24, 2.45) is 5.41 Å². The predicted molar refractivity (Wildman–Crippen MR) is 70.7 cm³/mol. The summed E-state index contributed by atoms with van der Waals surface area (Å²) in [7, 11) is 0. The van der Waals surface area contributed by atoms with Crippen LogP contribution >= 0.6 is 11.6 Å². The number of carbonyl (C=O) groups excluding carboxylic acids is 1. The van der Waals surface area contributed by atoms with E-state index in [0.717, 1.165) is 31.4 Å². The van der Waals surface area contributed by atoms with Gasteiger partial charge in [0.15, 0.2) is 0 Å². The zero-order valence-electron chi connectivity index (χ0n) is 11.1. The van der Waals surface area contributed by atoms with Crippen molar-refractivity contribution in [3.8, 4) is 0 Å². The van der Waals surface area contributed by atoms with Crippen molar-refractivity contribution < 1.29 is 22.4 Å². The highest BCUT2D eigenvalue weighted by Crippen LogP contribution is 2.48. The van der Waals surface area contributed by atoms with Crippen molar-refractivity contribution >= 4 is 17.5 Å². The second-order valence-corrected chi connectivity index (χ2v) is 5.66. The van der Waals surface area contributed by atoms with Gasteiger partial charge in [0, 0.05) is 12.4 Å². The van der Waals surface area contributed by atoms with Crippen molar-refractivity contribution in [2.45, 2.75) is 25.4 Å². The van der Waals surface area contributed by atoms with Crippen LogP contribution in [0.2, 0.25) is 0 Å². The molecular weight excluding hydrogens is 310 g/mol. The summed E-state index contributed by atoms with van der Waals surface area (Å²) in [5.41, 5.74) is -2.10. The molecule has 1 aromatic carbocycles. The minimum absolute atomic E-state index is 0.0739. The topological polar surface area (TPSA) is 29.1 Å². The maximum absolute atomic E-state index is 13.8. The summed E-state index contributed by atoms with van der Waals surface area (Å²) in [6.45, 7) is 0.300. The molecule has 1 saturated carbocycles. The summed E-state index contributed by atoms with van der Waals surface area (Å²) in [6, 6.07) is 2.68. The Morgan fingerprint density at radius 2 is 2.00 bits per heavy atom. The maximum Gasteiger partial charge on any atom is 0.419 e. The number of amides is 1. The molecule has 0 heterocycles. The normalized spacial score (nSPS) is 16.6. The highest BCUT2D eigenvalue weighted by Gasteiger charge is 2.42. The first-order chi connectivity index (χ1) is 9.79. The Hall–Kier alpha value is -1.30. The van der Waals surface area contributed by atoms with Crippen LogP contribution in [0.1, 0.15) is 35.2 Å². The van der Waals surface area contributed by atoms with Gasteiger partial charge < -0.3 is 5.32 Å². The van der Waals surface area contributed by atoms with Crippen LogP contribution in [0.25, 0.3) is 0 Å². The molecule has 1 aliphatic carbocycles. The van der Waals surface area contributed by atoms with E-state index in [-0.39, 0.29) is 5.41 Å². The third-order valence-corrected chi connectivity index (χ3v) is 3.94. The van der Waals surface area contributed by atoms with Gasteiger partial charge in [-0.25, -0.2) is 4.39 Å². The molecule has 0 unspecified atom stereocenters. The fourth-order valence-corrected chi connectivity index (χ4v) is 2.58. The molecule has 116 valence electrons. The Bertz CT molecular complexity index is 540. The number of nitrogens with one attached hydrogen (secondary N) is 1. The summed E-state index contributed by atoms with van der Waals surface area (Å²) in [5.74, 6) is -1.92. The Labute approximate surface area is 124 Å². The lowest BCUT2D eigenvalue weighted by molar-refractivity contribution is -0.140. The molecule has 0 radical (unpaired) electrons. The third-order valence-electron chi connectivity index (χ3n) is 3.75.